The van der Waals surface area contributed by atoms with Gasteiger partial charge >= 0.3 is 6.18 Å². The summed E-state index contributed by atoms with van der Waals surface area (Å²) in [5.74, 6) is -3.02. The molecule has 3 atom stereocenters. The summed E-state index contributed by atoms with van der Waals surface area (Å²) in [5.41, 5.74) is -2.01. The maximum absolute atomic E-state index is 13.7. The number of likely N-dealkylation sites (tertiary alicyclic amines) is 1. The molecule has 1 saturated heterocycles. The molecule has 1 fully saturated rings. The van der Waals surface area contributed by atoms with Crippen molar-refractivity contribution >= 4 is 23.6 Å². The normalized spacial score (nSPS) is 18.2. The highest BCUT2D eigenvalue weighted by Crippen LogP contribution is 2.33. The lowest BCUT2D eigenvalue weighted by molar-refractivity contribution is -0.145. The SMILES string of the molecule is CC(C)C[C@@H](NC(=O)c1ccc(C(F)(F)F)cc1OCC(=O)NC(C)(C)C)C(=O)N1C[C@@H](O)C[C@@H]1C(=O)N(C)C(C)C. The van der Waals surface area contributed by atoms with Crippen molar-refractivity contribution in [2.45, 2.75) is 97.3 Å². The van der Waals surface area contributed by atoms with Crippen LogP contribution < -0.4 is 15.4 Å². The zero-order chi connectivity index (χ0) is 32.2. The van der Waals surface area contributed by atoms with E-state index in [-0.39, 0.29) is 42.8 Å². The van der Waals surface area contributed by atoms with E-state index < -0.39 is 65.5 Å². The van der Waals surface area contributed by atoms with Gasteiger partial charge in [0.2, 0.25) is 11.8 Å². The Morgan fingerprint density at radius 1 is 1.12 bits per heavy atom. The highest BCUT2D eigenvalue weighted by atomic mass is 19.4. The number of carbonyl (C=O) groups excluding carboxylic acids is 4. The summed E-state index contributed by atoms with van der Waals surface area (Å²) in [7, 11) is 1.60. The molecule has 2 rings (SSSR count). The van der Waals surface area contributed by atoms with Crippen molar-refractivity contribution in [1.82, 2.24) is 20.4 Å². The Kier molecular flexibility index (Phi) is 11.4. The number of amides is 4. The number of alkyl halides is 3. The van der Waals surface area contributed by atoms with Gasteiger partial charge in [-0.05, 0) is 65.2 Å². The Morgan fingerprint density at radius 3 is 2.26 bits per heavy atom. The molecule has 1 heterocycles. The highest BCUT2D eigenvalue weighted by Gasteiger charge is 2.43. The summed E-state index contributed by atoms with van der Waals surface area (Å²) in [6, 6.07) is 0.0341. The topological polar surface area (TPSA) is 128 Å². The average Bonchev–Trinajstić information content (AvgIpc) is 3.25. The predicted octanol–water partition coefficient (Wildman–Crippen LogP) is 2.97. The third kappa shape index (κ3) is 9.60. The van der Waals surface area contributed by atoms with Gasteiger partial charge in [-0.25, -0.2) is 0 Å². The zero-order valence-electron chi connectivity index (χ0n) is 25.5. The lowest BCUT2D eigenvalue weighted by Gasteiger charge is -2.32. The number of nitrogens with zero attached hydrogens (tertiary/aromatic N) is 2. The number of carbonyl (C=O) groups is 4. The Morgan fingerprint density at radius 2 is 1.74 bits per heavy atom. The standard InChI is InChI=1S/C29H43F3N4O6/c1-16(2)11-21(26(40)36-14-19(37)13-22(36)27(41)35(8)17(3)4)33-25(39)20-10-9-18(29(30,31)32)12-23(20)42-15-24(38)34-28(5,6)7/h9-10,12,16-17,19,21-22,37H,11,13-15H2,1-8H3,(H,33,39)(H,34,38)/t19-,21+,22+/m0/s1. The molecule has 0 spiro atoms. The summed E-state index contributed by atoms with van der Waals surface area (Å²) in [6.45, 7) is 11.7. The number of ether oxygens (including phenoxy) is 1. The van der Waals surface area contributed by atoms with Gasteiger partial charge in [-0.2, -0.15) is 13.2 Å². The van der Waals surface area contributed by atoms with Crippen LogP contribution in [-0.4, -0.2) is 88.5 Å². The van der Waals surface area contributed by atoms with Gasteiger partial charge in [-0.15, -0.1) is 0 Å². The Bertz CT molecular complexity index is 1150. The minimum Gasteiger partial charge on any atom is -0.483 e. The molecule has 0 radical (unpaired) electrons. The van der Waals surface area contributed by atoms with Crippen LogP contribution in [0.25, 0.3) is 0 Å². The van der Waals surface area contributed by atoms with Gasteiger partial charge in [0.05, 0.1) is 17.2 Å². The van der Waals surface area contributed by atoms with E-state index in [2.05, 4.69) is 10.6 Å². The fourth-order valence-electron chi connectivity index (χ4n) is 4.51. The van der Waals surface area contributed by atoms with Crippen molar-refractivity contribution in [3.05, 3.63) is 29.3 Å². The van der Waals surface area contributed by atoms with Gasteiger partial charge in [0.15, 0.2) is 6.61 Å². The van der Waals surface area contributed by atoms with Crippen molar-refractivity contribution in [2.75, 3.05) is 20.2 Å². The van der Waals surface area contributed by atoms with Crippen LogP contribution in [0.3, 0.4) is 0 Å². The van der Waals surface area contributed by atoms with Gasteiger partial charge in [0, 0.05) is 31.6 Å². The number of hydrogen-bond acceptors (Lipinski definition) is 6. The fourth-order valence-corrected chi connectivity index (χ4v) is 4.51. The first-order chi connectivity index (χ1) is 19.2. The van der Waals surface area contributed by atoms with E-state index in [4.69, 9.17) is 4.74 Å². The number of aliphatic hydroxyl groups is 1. The third-order valence-electron chi connectivity index (χ3n) is 6.71. The number of likely N-dealkylation sites (N-methyl/N-ethyl adjacent to an activating group) is 1. The van der Waals surface area contributed by atoms with Crippen molar-refractivity contribution in [3.63, 3.8) is 0 Å². The minimum atomic E-state index is -4.74. The Hall–Kier alpha value is -3.35. The smallest absolute Gasteiger partial charge is 0.416 e. The molecule has 4 amide bonds. The third-order valence-corrected chi connectivity index (χ3v) is 6.71. The predicted molar refractivity (Wildman–Crippen MR) is 150 cm³/mol. The van der Waals surface area contributed by atoms with Crippen LogP contribution >= 0.6 is 0 Å². The molecular weight excluding hydrogens is 557 g/mol. The highest BCUT2D eigenvalue weighted by molar-refractivity contribution is 6.00. The quantitative estimate of drug-likeness (QED) is 0.379. The van der Waals surface area contributed by atoms with E-state index in [9.17, 15) is 37.5 Å². The molecule has 0 unspecified atom stereocenters. The summed E-state index contributed by atoms with van der Waals surface area (Å²) in [4.78, 5) is 55.2. The van der Waals surface area contributed by atoms with Crippen molar-refractivity contribution in [1.29, 1.82) is 0 Å². The zero-order valence-corrected chi connectivity index (χ0v) is 25.5. The van der Waals surface area contributed by atoms with E-state index in [0.29, 0.717) is 12.1 Å². The van der Waals surface area contributed by atoms with E-state index >= 15 is 0 Å². The fraction of sp³-hybridized carbons (Fsp3) is 0.655. The maximum Gasteiger partial charge on any atom is 0.416 e. The number of aliphatic hydroxyl groups excluding tert-OH is 1. The number of benzene rings is 1. The van der Waals surface area contributed by atoms with Crippen LogP contribution in [0.2, 0.25) is 0 Å². The van der Waals surface area contributed by atoms with Crippen molar-refractivity contribution in [2.24, 2.45) is 5.92 Å². The number of nitrogens with one attached hydrogen (secondary N) is 2. The van der Waals surface area contributed by atoms with Gasteiger partial charge in [0.1, 0.15) is 17.8 Å². The Balaban J connectivity index is 2.38. The van der Waals surface area contributed by atoms with Crippen LogP contribution in [0, 0.1) is 5.92 Å². The first-order valence-electron chi connectivity index (χ1n) is 13.9. The van der Waals surface area contributed by atoms with E-state index in [0.717, 1.165) is 6.07 Å². The average molecular weight is 601 g/mol. The van der Waals surface area contributed by atoms with E-state index in [1.54, 1.807) is 27.8 Å². The van der Waals surface area contributed by atoms with Crippen molar-refractivity contribution in [3.8, 4) is 5.75 Å². The number of hydrogen-bond donors (Lipinski definition) is 3. The summed E-state index contributed by atoms with van der Waals surface area (Å²) in [5, 5.41) is 15.5. The first kappa shape index (κ1) is 34.8. The lowest BCUT2D eigenvalue weighted by atomic mass is 10.0. The molecule has 0 aliphatic carbocycles. The summed E-state index contributed by atoms with van der Waals surface area (Å²) < 4.78 is 45.8. The first-order valence-corrected chi connectivity index (χ1v) is 13.9. The minimum absolute atomic E-state index is 0.0392. The van der Waals surface area contributed by atoms with Crippen LogP contribution in [0.5, 0.6) is 5.75 Å². The molecule has 1 aromatic carbocycles. The second kappa shape index (κ2) is 13.7. The lowest BCUT2D eigenvalue weighted by Crippen LogP contribution is -2.54. The molecule has 236 valence electrons. The number of β-amino-alcohol motifs (C(OH)–C–C–N with tert-alkyl or cyclic N) is 1. The van der Waals surface area contributed by atoms with Gasteiger partial charge in [-0.3, -0.25) is 19.2 Å². The second-order valence-electron chi connectivity index (χ2n) is 12.4. The molecule has 1 aromatic rings. The molecule has 42 heavy (non-hydrogen) atoms. The molecule has 0 saturated carbocycles. The van der Waals surface area contributed by atoms with Gasteiger partial charge < -0.3 is 30.3 Å². The van der Waals surface area contributed by atoms with Gasteiger partial charge in [-0.1, -0.05) is 13.8 Å². The maximum atomic E-state index is 13.7. The van der Waals surface area contributed by atoms with Crippen LogP contribution in [-0.2, 0) is 20.6 Å². The van der Waals surface area contributed by atoms with E-state index in [1.165, 1.54) is 9.80 Å². The van der Waals surface area contributed by atoms with Gasteiger partial charge in [0.25, 0.3) is 11.8 Å². The van der Waals surface area contributed by atoms with Crippen LogP contribution in [0.4, 0.5) is 13.2 Å². The molecule has 1 aliphatic rings. The van der Waals surface area contributed by atoms with Crippen molar-refractivity contribution < 1.29 is 42.2 Å². The summed E-state index contributed by atoms with van der Waals surface area (Å²) in [6.07, 6.45) is -5.48. The monoisotopic (exact) mass is 600 g/mol. The summed E-state index contributed by atoms with van der Waals surface area (Å²) >= 11 is 0. The molecule has 0 aromatic heterocycles. The molecule has 0 bridgehead atoms. The largest absolute Gasteiger partial charge is 0.483 e. The molecule has 1 aliphatic heterocycles. The molecule has 10 nitrogen and oxygen atoms in total. The second-order valence-corrected chi connectivity index (χ2v) is 12.4. The number of rotatable bonds is 10. The van der Waals surface area contributed by atoms with Crippen LogP contribution in [0.15, 0.2) is 18.2 Å². The van der Waals surface area contributed by atoms with E-state index in [1.807, 2.05) is 27.7 Å². The molecular formula is C29H43F3N4O6. The number of halogens is 3. The molecule has 13 heteroatoms. The molecule has 3 N–H and O–H groups in total. The Labute approximate surface area is 244 Å². The van der Waals surface area contributed by atoms with Crippen LogP contribution in [0.1, 0.15) is 77.2 Å².